The molecule has 0 radical (unpaired) electrons. The second kappa shape index (κ2) is 33.3. The molecule has 0 saturated carbocycles. The third-order valence-corrected chi connectivity index (χ3v) is 14.6. The maximum atomic E-state index is 12.7. The first kappa shape index (κ1) is 66.5. The average molecular weight is 1070 g/mol. The molecule has 26 nitrogen and oxygen atoms in total. The molecule has 0 spiro atoms. The number of unbranched alkanes of at least 4 members (excludes halogenated alkanes) is 12. The zero-order valence-electron chi connectivity index (χ0n) is 40.0. The van der Waals surface area contributed by atoms with Gasteiger partial charge in [0.25, 0.3) is 0 Å². The molecule has 3 heterocycles. The topological polar surface area (TPSA) is 452 Å². The number of aliphatic hydroxyl groups is 2. The molecule has 1 aliphatic heterocycles. The van der Waals surface area contributed by atoms with Crippen LogP contribution in [-0.2, 0) is 45.9 Å². The minimum atomic E-state index is -5.56. The van der Waals surface area contributed by atoms with Crippen LogP contribution in [0.25, 0.3) is 11.2 Å². The van der Waals surface area contributed by atoms with Gasteiger partial charge in [-0.3, -0.25) is 27.7 Å². The summed E-state index contributed by atoms with van der Waals surface area (Å²) in [6.07, 6.45) is 15.6. The van der Waals surface area contributed by atoms with Gasteiger partial charge in [-0.25, -0.2) is 28.6 Å². The van der Waals surface area contributed by atoms with Crippen molar-refractivity contribution in [2.75, 3.05) is 43.5 Å². The molecule has 19 N–H and O–H groups in total. The number of thioether (sulfide) groups is 1. The van der Waals surface area contributed by atoms with Gasteiger partial charge in [-0.15, -0.1) is 0 Å². The summed E-state index contributed by atoms with van der Waals surface area (Å²) in [5.41, 5.74) is 4.34. The van der Waals surface area contributed by atoms with Crippen LogP contribution >= 0.6 is 35.2 Å². The maximum absolute atomic E-state index is 12.7. The molecular weight excluding hydrogens is 989 g/mol. The second-order valence-corrected chi connectivity index (χ2v) is 22.1. The van der Waals surface area contributed by atoms with Crippen LogP contribution in [-0.4, -0.2) is 123 Å². The Bertz CT molecular complexity index is 1970. The van der Waals surface area contributed by atoms with Gasteiger partial charge in [0.15, 0.2) is 17.7 Å². The first-order chi connectivity index (χ1) is 31.2. The number of rotatable bonds is 35. The third-order valence-electron chi connectivity index (χ3n) is 10.4. The van der Waals surface area contributed by atoms with Crippen LogP contribution in [0.1, 0.15) is 123 Å². The number of fused-ring (bicyclic) bond motifs is 1. The normalized spacial score (nSPS) is 19.5. The fraction of sp³-hybridized carbons (Fsp3) is 0.769. The Balaban J connectivity index is 0.0000154. The first-order valence-electron chi connectivity index (χ1n) is 22.3. The number of anilines is 1. The number of carbonyl (C=O) groups is 2. The van der Waals surface area contributed by atoms with Crippen LogP contribution in [0.4, 0.5) is 5.82 Å². The number of ether oxygens (including phenoxy) is 1. The van der Waals surface area contributed by atoms with E-state index in [1.165, 1.54) is 90.9 Å². The molecule has 3 unspecified atom stereocenters. The number of nitrogens with one attached hydrogen (secondary N) is 2. The van der Waals surface area contributed by atoms with Crippen molar-refractivity contribution in [3.63, 3.8) is 0 Å². The van der Waals surface area contributed by atoms with Gasteiger partial charge >= 0.3 is 23.5 Å². The SMILES string of the molecule is CCCCCCCC/C=C\CCCCCCCCSCCNC(=O)CCNC(=O)[C@H](O)C(C)(C)COP(=O)(O)OP(=O)(O)OC[C@H]1O[C@@H](n2cnc3c(N)ncnc32)[C@@H](O)C1OP(=O)(O)O.N.N.N. The van der Waals surface area contributed by atoms with Crippen LogP contribution in [0.5, 0.6) is 0 Å². The van der Waals surface area contributed by atoms with E-state index in [1.807, 2.05) is 0 Å². The molecule has 2 aromatic heterocycles. The zero-order valence-corrected chi connectivity index (χ0v) is 43.5. The highest BCUT2D eigenvalue weighted by Gasteiger charge is 2.50. The van der Waals surface area contributed by atoms with E-state index in [4.69, 9.17) is 19.5 Å². The lowest BCUT2D eigenvalue weighted by atomic mass is 9.87. The number of nitrogens with two attached hydrogens (primary N) is 1. The Labute approximate surface area is 408 Å². The molecule has 0 aromatic carbocycles. The van der Waals surface area contributed by atoms with E-state index in [9.17, 15) is 53.1 Å². The Kier molecular flexibility index (Phi) is 32.1. The summed E-state index contributed by atoms with van der Waals surface area (Å²) >= 11 is 1.76. The number of phosphoric acid groups is 3. The highest BCUT2D eigenvalue weighted by Crippen LogP contribution is 2.61. The van der Waals surface area contributed by atoms with E-state index < -0.39 is 78.6 Å². The van der Waals surface area contributed by atoms with E-state index in [0.717, 1.165) is 41.6 Å². The fourth-order valence-corrected chi connectivity index (χ4v) is 10.4. The predicted octanol–water partition coefficient (Wildman–Crippen LogP) is 5.66. The van der Waals surface area contributed by atoms with Gasteiger partial charge in [0.2, 0.25) is 11.8 Å². The van der Waals surface area contributed by atoms with Crippen molar-refractivity contribution in [2.24, 2.45) is 5.41 Å². The summed E-state index contributed by atoms with van der Waals surface area (Å²) in [7, 11) is -16.4. The van der Waals surface area contributed by atoms with E-state index in [-0.39, 0.29) is 54.3 Å². The van der Waals surface area contributed by atoms with Gasteiger partial charge in [0, 0.05) is 30.7 Å². The minimum Gasteiger partial charge on any atom is -0.386 e. The van der Waals surface area contributed by atoms with Crippen molar-refractivity contribution in [1.29, 1.82) is 0 Å². The molecule has 69 heavy (non-hydrogen) atoms. The van der Waals surface area contributed by atoms with Crippen molar-refractivity contribution in [3.8, 4) is 0 Å². The van der Waals surface area contributed by atoms with Gasteiger partial charge in [-0.2, -0.15) is 16.1 Å². The van der Waals surface area contributed by atoms with Crippen LogP contribution in [0.3, 0.4) is 0 Å². The molecule has 1 saturated heterocycles. The summed E-state index contributed by atoms with van der Waals surface area (Å²) in [6.45, 7) is 3.21. The monoisotopic (exact) mass is 1070 g/mol. The van der Waals surface area contributed by atoms with Crippen LogP contribution in [0, 0.1) is 5.41 Å². The van der Waals surface area contributed by atoms with Crippen molar-refractivity contribution >= 4 is 64.0 Å². The molecule has 3 rings (SSSR count). The number of imidazole rings is 1. The van der Waals surface area contributed by atoms with Crippen molar-refractivity contribution in [3.05, 3.63) is 24.8 Å². The molecule has 30 heteroatoms. The smallest absolute Gasteiger partial charge is 0.386 e. The summed E-state index contributed by atoms with van der Waals surface area (Å²) in [4.78, 5) is 76.1. The molecule has 2 amide bonds. The molecule has 0 aliphatic carbocycles. The number of aliphatic hydroxyl groups excluding tert-OH is 2. The van der Waals surface area contributed by atoms with Crippen LogP contribution < -0.4 is 34.8 Å². The lowest BCUT2D eigenvalue weighted by molar-refractivity contribution is -0.137. The molecule has 402 valence electrons. The lowest BCUT2D eigenvalue weighted by Gasteiger charge is -2.30. The van der Waals surface area contributed by atoms with Crippen LogP contribution in [0.2, 0.25) is 0 Å². The van der Waals surface area contributed by atoms with E-state index >= 15 is 0 Å². The van der Waals surface area contributed by atoms with Crippen LogP contribution in [0.15, 0.2) is 24.8 Å². The number of amides is 2. The largest absolute Gasteiger partial charge is 0.481 e. The van der Waals surface area contributed by atoms with Crippen molar-refractivity contribution in [1.82, 2.24) is 48.6 Å². The fourth-order valence-electron chi connectivity index (χ4n) is 6.76. The number of allylic oxidation sites excluding steroid dienone is 2. The molecule has 1 fully saturated rings. The highest BCUT2D eigenvalue weighted by molar-refractivity contribution is 7.99. The maximum Gasteiger partial charge on any atom is 0.481 e. The van der Waals surface area contributed by atoms with E-state index in [0.29, 0.717) is 6.54 Å². The highest BCUT2D eigenvalue weighted by atomic mass is 32.2. The van der Waals surface area contributed by atoms with E-state index in [2.05, 4.69) is 53.5 Å². The van der Waals surface area contributed by atoms with Gasteiger partial charge in [-0.1, -0.05) is 90.7 Å². The van der Waals surface area contributed by atoms with Crippen molar-refractivity contribution in [2.45, 2.75) is 148 Å². The second-order valence-electron chi connectivity index (χ2n) is 16.6. The number of carbonyl (C=O) groups excluding carboxylic acids is 2. The van der Waals surface area contributed by atoms with Crippen molar-refractivity contribution < 1.29 is 75.7 Å². The zero-order chi connectivity index (χ0) is 48.8. The first-order valence-corrected chi connectivity index (χ1v) is 28.0. The summed E-state index contributed by atoms with van der Waals surface area (Å²) in [6, 6.07) is 0. The standard InChI is InChI=1S/C39H70N7O16P3S.3H3N/c1-4-5-6-7-8-9-10-11-12-13-14-15-16-17-18-19-23-66-24-22-41-30(47)20-21-42-37(50)34(49)39(2,3)26-59-65(56,57)62-64(54,55)58-25-29-33(61-63(51,52)53)32(48)38(60-29)46-28-45-31-35(40)43-27-44-36(31)46;;;/h11-12,27-29,32-34,38,48-49H,4-10,13-26H2,1-3H3,(H,41,47)(H,42,50)(H,54,55)(H,56,57)(H2,40,43,44)(H2,51,52,53);3*1H3/b12-11-;;;/t29-,32+,33?,34+,38-;;;/m1.../s1. The number of aromatic nitrogens is 4. The van der Waals surface area contributed by atoms with E-state index in [1.54, 1.807) is 11.8 Å². The van der Waals surface area contributed by atoms with Gasteiger partial charge in [-0.05, 0) is 37.9 Å². The number of nitrogens with zero attached hydrogens (tertiary/aromatic N) is 4. The lowest BCUT2D eigenvalue weighted by Crippen LogP contribution is -2.46. The van der Waals surface area contributed by atoms with Gasteiger partial charge < -0.3 is 69.3 Å². The molecule has 2 aromatic rings. The number of nitrogen functional groups attached to an aromatic ring is 1. The van der Waals surface area contributed by atoms with Gasteiger partial charge in [0.05, 0.1) is 19.5 Å². The Morgan fingerprint density at radius 3 is 2.09 bits per heavy atom. The number of hydrogen-bond acceptors (Lipinski definition) is 20. The molecule has 7 atom stereocenters. The summed E-state index contributed by atoms with van der Waals surface area (Å²) < 4.78 is 62.5. The minimum absolute atomic E-state index is 0. The summed E-state index contributed by atoms with van der Waals surface area (Å²) in [5, 5.41) is 26.8. The average Bonchev–Trinajstić information content (AvgIpc) is 3.81. The third kappa shape index (κ3) is 25.1. The molecular formula is C39H79N10O16P3S. The molecule has 1 aliphatic rings. The van der Waals surface area contributed by atoms with Gasteiger partial charge in [0.1, 0.15) is 36.3 Å². The quantitative estimate of drug-likeness (QED) is 0.0225. The number of phosphoric ester groups is 3. The summed E-state index contributed by atoms with van der Waals surface area (Å²) in [5.74, 6) is 0.509. The Morgan fingerprint density at radius 1 is 0.870 bits per heavy atom. The Morgan fingerprint density at radius 2 is 1.46 bits per heavy atom. The Hall–Kier alpha value is -2.49. The number of hydrogen-bond donors (Lipinski definition) is 12. The molecule has 0 bridgehead atoms. The predicted molar refractivity (Wildman–Crippen MR) is 261 cm³/mol.